The summed E-state index contributed by atoms with van der Waals surface area (Å²) >= 11 is 1.74. The van der Waals surface area contributed by atoms with E-state index < -0.39 is 0 Å². The van der Waals surface area contributed by atoms with Crippen molar-refractivity contribution < 1.29 is 4.79 Å². The van der Waals surface area contributed by atoms with Crippen LogP contribution in [0.5, 0.6) is 0 Å². The van der Waals surface area contributed by atoms with E-state index in [1.807, 2.05) is 13.2 Å². The second kappa shape index (κ2) is 5.95. The van der Waals surface area contributed by atoms with Crippen molar-refractivity contribution in [1.82, 2.24) is 5.32 Å². The van der Waals surface area contributed by atoms with Gasteiger partial charge in [-0.15, -0.1) is 0 Å². The van der Waals surface area contributed by atoms with Crippen molar-refractivity contribution in [1.29, 1.82) is 0 Å². The van der Waals surface area contributed by atoms with Gasteiger partial charge in [0.25, 0.3) is 0 Å². The van der Waals surface area contributed by atoms with Crippen molar-refractivity contribution in [2.45, 2.75) is 13.3 Å². The van der Waals surface area contributed by atoms with Gasteiger partial charge in [-0.05, 0) is 6.26 Å². The molecular formula is C6H13NOS. The SMILES string of the molecule is CCC(=O)NCCSC. The Morgan fingerprint density at radius 1 is 1.67 bits per heavy atom. The molecule has 0 aliphatic heterocycles. The maximum atomic E-state index is 10.6. The molecule has 2 nitrogen and oxygen atoms in total. The summed E-state index contributed by atoms with van der Waals surface area (Å²) < 4.78 is 0. The van der Waals surface area contributed by atoms with Gasteiger partial charge in [0.1, 0.15) is 0 Å². The Morgan fingerprint density at radius 2 is 2.33 bits per heavy atom. The molecule has 0 aromatic carbocycles. The molecule has 9 heavy (non-hydrogen) atoms. The molecule has 1 amide bonds. The monoisotopic (exact) mass is 147 g/mol. The van der Waals surface area contributed by atoms with Gasteiger partial charge in [0, 0.05) is 18.7 Å². The van der Waals surface area contributed by atoms with Crippen LogP contribution >= 0.6 is 11.8 Å². The molecule has 0 aliphatic carbocycles. The maximum absolute atomic E-state index is 10.6. The molecule has 0 aliphatic rings. The molecule has 0 radical (unpaired) electrons. The van der Waals surface area contributed by atoms with Crippen LogP contribution in [0.15, 0.2) is 0 Å². The molecule has 0 rings (SSSR count). The van der Waals surface area contributed by atoms with Gasteiger partial charge in [-0.1, -0.05) is 6.92 Å². The lowest BCUT2D eigenvalue weighted by atomic mass is 10.4. The standard InChI is InChI=1S/C6H13NOS/c1-3-6(8)7-4-5-9-2/h3-5H2,1-2H3,(H,7,8). The predicted octanol–water partition coefficient (Wildman–Crippen LogP) is 0.876. The zero-order chi connectivity index (χ0) is 7.11. The number of hydrogen-bond donors (Lipinski definition) is 1. The minimum absolute atomic E-state index is 0.143. The Morgan fingerprint density at radius 3 is 2.78 bits per heavy atom. The lowest BCUT2D eigenvalue weighted by Gasteiger charge is -1.99. The summed E-state index contributed by atoms with van der Waals surface area (Å²) in [6.45, 7) is 2.66. The van der Waals surface area contributed by atoms with Crippen LogP contribution < -0.4 is 5.32 Å². The largest absolute Gasteiger partial charge is 0.355 e. The minimum atomic E-state index is 0.143. The molecule has 1 N–H and O–H groups in total. The van der Waals surface area contributed by atoms with Gasteiger partial charge in [0.05, 0.1) is 0 Å². The zero-order valence-corrected chi connectivity index (χ0v) is 6.75. The zero-order valence-electron chi connectivity index (χ0n) is 5.94. The van der Waals surface area contributed by atoms with Crippen LogP contribution in [-0.4, -0.2) is 24.5 Å². The summed E-state index contributed by atoms with van der Waals surface area (Å²) in [5, 5.41) is 2.77. The molecule has 0 heterocycles. The van der Waals surface area contributed by atoms with E-state index in [4.69, 9.17) is 0 Å². The number of carbonyl (C=O) groups is 1. The third kappa shape index (κ3) is 5.69. The van der Waals surface area contributed by atoms with Crippen LogP contribution in [0.2, 0.25) is 0 Å². The Labute approximate surface area is 60.4 Å². The van der Waals surface area contributed by atoms with E-state index in [1.165, 1.54) is 0 Å². The summed E-state index contributed by atoms with van der Waals surface area (Å²) in [6, 6.07) is 0. The average Bonchev–Trinajstić information content (AvgIpc) is 1.89. The van der Waals surface area contributed by atoms with Gasteiger partial charge in [0.15, 0.2) is 0 Å². The highest BCUT2D eigenvalue weighted by Crippen LogP contribution is 1.87. The number of rotatable bonds is 4. The number of carbonyl (C=O) groups excluding carboxylic acids is 1. The summed E-state index contributed by atoms with van der Waals surface area (Å²) in [5.41, 5.74) is 0. The molecule has 0 aromatic rings. The number of amides is 1. The first-order valence-corrected chi connectivity index (χ1v) is 4.46. The summed E-state index contributed by atoms with van der Waals surface area (Å²) in [6.07, 6.45) is 2.62. The molecule has 0 spiro atoms. The van der Waals surface area contributed by atoms with Crippen molar-refractivity contribution in [3.05, 3.63) is 0 Å². The second-order valence-electron chi connectivity index (χ2n) is 1.70. The fourth-order valence-corrected chi connectivity index (χ4v) is 0.724. The molecule has 0 atom stereocenters. The molecule has 3 heteroatoms. The second-order valence-corrected chi connectivity index (χ2v) is 2.68. The Balaban J connectivity index is 2.97. The van der Waals surface area contributed by atoms with E-state index >= 15 is 0 Å². The van der Waals surface area contributed by atoms with E-state index in [1.54, 1.807) is 11.8 Å². The summed E-state index contributed by atoms with van der Waals surface area (Å²) in [7, 11) is 0. The quantitative estimate of drug-likeness (QED) is 0.598. The van der Waals surface area contributed by atoms with E-state index in [9.17, 15) is 4.79 Å². The van der Waals surface area contributed by atoms with Crippen LogP contribution in [0, 0.1) is 0 Å². The van der Waals surface area contributed by atoms with Crippen molar-refractivity contribution in [3.63, 3.8) is 0 Å². The first kappa shape index (κ1) is 8.82. The van der Waals surface area contributed by atoms with Crippen molar-refractivity contribution in [2.75, 3.05) is 18.6 Å². The normalized spacial score (nSPS) is 9.11. The van der Waals surface area contributed by atoms with E-state index in [2.05, 4.69) is 5.32 Å². The fraction of sp³-hybridized carbons (Fsp3) is 0.833. The first-order valence-electron chi connectivity index (χ1n) is 3.07. The molecule has 54 valence electrons. The lowest BCUT2D eigenvalue weighted by Crippen LogP contribution is -2.24. The van der Waals surface area contributed by atoms with Crippen molar-refractivity contribution in [3.8, 4) is 0 Å². The molecule has 0 bridgehead atoms. The minimum Gasteiger partial charge on any atom is -0.355 e. The molecule has 0 fully saturated rings. The van der Waals surface area contributed by atoms with Crippen LogP contribution in [0.4, 0.5) is 0 Å². The van der Waals surface area contributed by atoms with Gasteiger partial charge < -0.3 is 5.32 Å². The first-order chi connectivity index (χ1) is 4.31. The highest BCUT2D eigenvalue weighted by atomic mass is 32.2. The Kier molecular flexibility index (Phi) is 5.83. The molecule has 0 aromatic heterocycles. The predicted molar refractivity (Wildman–Crippen MR) is 41.7 cm³/mol. The Hall–Kier alpha value is -0.180. The third-order valence-corrected chi connectivity index (χ3v) is 1.56. The van der Waals surface area contributed by atoms with Crippen LogP contribution in [0.25, 0.3) is 0 Å². The molecule has 0 saturated carbocycles. The number of hydrogen-bond acceptors (Lipinski definition) is 2. The van der Waals surface area contributed by atoms with E-state index in [0.717, 1.165) is 12.3 Å². The molecular weight excluding hydrogens is 134 g/mol. The molecule has 0 saturated heterocycles. The Bertz CT molecular complexity index is 85.1. The van der Waals surface area contributed by atoms with Gasteiger partial charge in [-0.3, -0.25) is 4.79 Å². The highest BCUT2D eigenvalue weighted by molar-refractivity contribution is 7.98. The van der Waals surface area contributed by atoms with Gasteiger partial charge in [-0.25, -0.2) is 0 Å². The average molecular weight is 147 g/mol. The van der Waals surface area contributed by atoms with Crippen molar-refractivity contribution >= 4 is 17.7 Å². The summed E-state index contributed by atoms with van der Waals surface area (Å²) in [5.74, 6) is 1.15. The fourth-order valence-electron chi connectivity index (χ4n) is 0.418. The van der Waals surface area contributed by atoms with Gasteiger partial charge in [0.2, 0.25) is 5.91 Å². The number of thioether (sulfide) groups is 1. The van der Waals surface area contributed by atoms with Crippen LogP contribution in [0.1, 0.15) is 13.3 Å². The van der Waals surface area contributed by atoms with E-state index in [-0.39, 0.29) is 5.91 Å². The number of nitrogens with one attached hydrogen (secondary N) is 1. The topological polar surface area (TPSA) is 29.1 Å². The lowest BCUT2D eigenvalue weighted by molar-refractivity contribution is -0.120. The van der Waals surface area contributed by atoms with E-state index in [0.29, 0.717) is 6.42 Å². The van der Waals surface area contributed by atoms with Gasteiger partial charge >= 0.3 is 0 Å². The highest BCUT2D eigenvalue weighted by Gasteiger charge is 1.92. The smallest absolute Gasteiger partial charge is 0.219 e. The van der Waals surface area contributed by atoms with Gasteiger partial charge in [-0.2, -0.15) is 11.8 Å². The maximum Gasteiger partial charge on any atom is 0.219 e. The molecule has 0 unspecified atom stereocenters. The van der Waals surface area contributed by atoms with Crippen LogP contribution in [-0.2, 0) is 4.79 Å². The summed E-state index contributed by atoms with van der Waals surface area (Å²) in [4.78, 5) is 10.6. The third-order valence-electron chi connectivity index (χ3n) is 0.949. The van der Waals surface area contributed by atoms with Crippen LogP contribution in [0.3, 0.4) is 0 Å². The van der Waals surface area contributed by atoms with Crippen molar-refractivity contribution in [2.24, 2.45) is 0 Å².